The molecule has 0 amide bonds. The Bertz CT molecular complexity index is 838. The molecular formula is C19H14. The highest BCUT2D eigenvalue weighted by Crippen LogP contribution is 2.47. The summed E-state index contributed by atoms with van der Waals surface area (Å²) >= 11 is 0. The minimum atomic E-state index is 1.16. The molecule has 1 aliphatic rings. The third kappa shape index (κ3) is 1.29. The summed E-state index contributed by atoms with van der Waals surface area (Å²) in [5.74, 6) is 0. The van der Waals surface area contributed by atoms with Crippen LogP contribution < -0.4 is 0 Å². The van der Waals surface area contributed by atoms with Gasteiger partial charge >= 0.3 is 0 Å². The minimum absolute atomic E-state index is 1.16. The Morgan fingerprint density at radius 1 is 0.789 bits per heavy atom. The van der Waals surface area contributed by atoms with Gasteiger partial charge in [-0.1, -0.05) is 61.2 Å². The Balaban J connectivity index is 2.23. The Morgan fingerprint density at radius 3 is 2.32 bits per heavy atom. The fraction of sp³-hybridized carbons (Fsp3) is 0.0526. The maximum atomic E-state index is 4.33. The van der Waals surface area contributed by atoms with Crippen molar-refractivity contribution in [3.05, 3.63) is 77.9 Å². The van der Waals surface area contributed by atoms with E-state index in [2.05, 4.69) is 68.1 Å². The molecule has 0 fully saturated rings. The van der Waals surface area contributed by atoms with Gasteiger partial charge in [0.2, 0.25) is 0 Å². The zero-order valence-electron chi connectivity index (χ0n) is 10.9. The lowest BCUT2D eigenvalue weighted by Crippen LogP contribution is -1.87. The Hall–Kier alpha value is -2.34. The van der Waals surface area contributed by atoms with Crippen molar-refractivity contribution in [2.75, 3.05) is 0 Å². The van der Waals surface area contributed by atoms with Gasteiger partial charge in [0.1, 0.15) is 0 Å². The third-order valence-electron chi connectivity index (χ3n) is 4.07. The smallest absolute Gasteiger partial charge is 0.00236 e. The fourth-order valence-corrected chi connectivity index (χ4v) is 3.25. The predicted molar refractivity (Wildman–Crippen MR) is 82.3 cm³/mol. The Kier molecular flexibility index (Phi) is 1.99. The second kappa shape index (κ2) is 3.58. The van der Waals surface area contributed by atoms with Crippen LogP contribution in [0.3, 0.4) is 0 Å². The molecule has 0 aromatic heterocycles. The van der Waals surface area contributed by atoms with Crippen molar-refractivity contribution in [1.29, 1.82) is 0 Å². The van der Waals surface area contributed by atoms with Gasteiger partial charge in [0.05, 0.1) is 0 Å². The second-order valence-corrected chi connectivity index (χ2v) is 5.19. The molecule has 3 aromatic rings. The van der Waals surface area contributed by atoms with Gasteiger partial charge in [0.25, 0.3) is 0 Å². The summed E-state index contributed by atoms with van der Waals surface area (Å²) in [6.07, 6.45) is 0. The first-order valence-electron chi connectivity index (χ1n) is 6.59. The van der Waals surface area contributed by atoms with Gasteiger partial charge in [-0.15, -0.1) is 0 Å². The molecule has 0 unspecified atom stereocenters. The normalized spacial score (nSPS) is 12.6. The number of benzene rings is 3. The molecule has 0 nitrogen and oxygen atoms in total. The van der Waals surface area contributed by atoms with E-state index in [1.54, 1.807) is 0 Å². The van der Waals surface area contributed by atoms with Crippen molar-refractivity contribution in [3.63, 3.8) is 0 Å². The molecule has 0 heterocycles. The summed E-state index contributed by atoms with van der Waals surface area (Å²) in [5.41, 5.74) is 7.77. The van der Waals surface area contributed by atoms with E-state index < -0.39 is 0 Å². The third-order valence-corrected chi connectivity index (χ3v) is 4.07. The zero-order valence-corrected chi connectivity index (χ0v) is 10.9. The van der Waals surface area contributed by atoms with E-state index in [0.717, 1.165) is 5.57 Å². The van der Waals surface area contributed by atoms with Crippen LogP contribution >= 0.6 is 0 Å². The molecule has 0 N–H and O–H groups in total. The number of aryl methyl sites for hydroxylation is 1. The summed E-state index contributed by atoms with van der Waals surface area (Å²) < 4.78 is 0. The molecule has 0 spiro atoms. The van der Waals surface area contributed by atoms with Gasteiger partial charge in [0, 0.05) is 0 Å². The lowest BCUT2D eigenvalue weighted by Gasteiger charge is -2.10. The molecule has 19 heavy (non-hydrogen) atoms. The summed E-state index contributed by atoms with van der Waals surface area (Å²) in [7, 11) is 0. The molecule has 3 aromatic carbocycles. The van der Waals surface area contributed by atoms with E-state index in [4.69, 9.17) is 0 Å². The van der Waals surface area contributed by atoms with Gasteiger partial charge in [0.15, 0.2) is 0 Å². The Labute approximate surface area is 113 Å². The molecule has 90 valence electrons. The summed E-state index contributed by atoms with van der Waals surface area (Å²) in [6.45, 7) is 6.52. The van der Waals surface area contributed by atoms with Crippen LogP contribution in [0.5, 0.6) is 0 Å². The summed E-state index contributed by atoms with van der Waals surface area (Å²) in [4.78, 5) is 0. The lowest BCUT2D eigenvalue weighted by molar-refractivity contribution is 1.49. The van der Waals surface area contributed by atoms with Gasteiger partial charge in [-0.3, -0.25) is 0 Å². The van der Waals surface area contributed by atoms with Crippen LogP contribution in [0.1, 0.15) is 16.7 Å². The number of hydrogen-bond acceptors (Lipinski definition) is 0. The van der Waals surface area contributed by atoms with Crippen LogP contribution in [0.4, 0.5) is 0 Å². The topological polar surface area (TPSA) is 0 Å². The SMILES string of the molecule is C=C1c2ccccc2-c2c(C)cc3ccccc3c21. The molecule has 1 aliphatic carbocycles. The van der Waals surface area contributed by atoms with E-state index in [1.165, 1.54) is 38.6 Å². The highest BCUT2D eigenvalue weighted by molar-refractivity contribution is 6.11. The number of fused-ring (bicyclic) bond motifs is 5. The lowest BCUT2D eigenvalue weighted by atomic mass is 9.94. The number of rotatable bonds is 0. The average molecular weight is 242 g/mol. The Morgan fingerprint density at radius 2 is 1.47 bits per heavy atom. The van der Waals surface area contributed by atoms with Crippen LogP contribution in [0, 0.1) is 6.92 Å². The molecule has 0 radical (unpaired) electrons. The van der Waals surface area contributed by atoms with Gasteiger partial charge < -0.3 is 0 Å². The van der Waals surface area contributed by atoms with Crippen molar-refractivity contribution >= 4 is 16.3 Å². The first kappa shape index (κ1) is 10.6. The van der Waals surface area contributed by atoms with Crippen molar-refractivity contribution in [3.8, 4) is 11.1 Å². The second-order valence-electron chi connectivity index (χ2n) is 5.19. The minimum Gasteiger partial charge on any atom is -0.0905 e. The van der Waals surface area contributed by atoms with Crippen molar-refractivity contribution < 1.29 is 0 Å². The van der Waals surface area contributed by atoms with E-state index in [-0.39, 0.29) is 0 Å². The maximum absolute atomic E-state index is 4.33. The molecule has 0 aliphatic heterocycles. The zero-order chi connectivity index (χ0) is 13.0. The maximum Gasteiger partial charge on any atom is -0.00236 e. The largest absolute Gasteiger partial charge is 0.0905 e. The highest BCUT2D eigenvalue weighted by Gasteiger charge is 2.25. The molecule has 0 saturated heterocycles. The molecule has 4 rings (SSSR count). The van der Waals surface area contributed by atoms with Gasteiger partial charge in [-0.25, -0.2) is 0 Å². The van der Waals surface area contributed by atoms with Crippen LogP contribution in [0.2, 0.25) is 0 Å². The van der Waals surface area contributed by atoms with Crippen molar-refractivity contribution in [1.82, 2.24) is 0 Å². The average Bonchev–Trinajstić information content (AvgIpc) is 2.74. The van der Waals surface area contributed by atoms with Crippen LogP contribution in [0.25, 0.3) is 27.5 Å². The number of hydrogen-bond donors (Lipinski definition) is 0. The van der Waals surface area contributed by atoms with Gasteiger partial charge in [-0.2, -0.15) is 0 Å². The fourth-order valence-electron chi connectivity index (χ4n) is 3.25. The molecule has 0 heteroatoms. The van der Waals surface area contributed by atoms with E-state index in [0.29, 0.717) is 0 Å². The van der Waals surface area contributed by atoms with Gasteiger partial charge in [-0.05, 0) is 51.1 Å². The van der Waals surface area contributed by atoms with E-state index in [1.807, 2.05) is 0 Å². The summed E-state index contributed by atoms with van der Waals surface area (Å²) in [6, 6.07) is 19.4. The standard InChI is InChI=1S/C19H14/c1-12-11-14-7-3-4-9-16(14)19-13(2)15-8-5-6-10-17(15)18(12)19/h3-11H,2H2,1H3. The van der Waals surface area contributed by atoms with E-state index in [9.17, 15) is 0 Å². The highest BCUT2D eigenvalue weighted by atomic mass is 14.3. The quantitative estimate of drug-likeness (QED) is 0.398. The van der Waals surface area contributed by atoms with E-state index >= 15 is 0 Å². The van der Waals surface area contributed by atoms with Crippen LogP contribution in [0.15, 0.2) is 61.2 Å². The monoisotopic (exact) mass is 242 g/mol. The molecule has 0 atom stereocenters. The van der Waals surface area contributed by atoms with Crippen LogP contribution in [-0.4, -0.2) is 0 Å². The molecular weight excluding hydrogens is 228 g/mol. The first-order chi connectivity index (χ1) is 9.27. The first-order valence-corrected chi connectivity index (χ1v) is 6.59. The van der Waals surface area contributed by atoms with Crippen molar-refractivity contribution in [2.24, 2.45) is 0 Å². The van der Waals surface area contributed by atoms with Crippen molar-refractivity contribution in [2.45, 2.75) is 6.92 Å². The molecule has 0 bridgehead atoms. The van der Waals surface area contributed by atoms with Crippen LogP contribution in [-0.2, 0) is 0 Å². The predicted octanol–water partition coefficient (Wildman–Crippen LogP) is 5.19. The summed E-state index contributed by atoms with van der Waals surface area (Å²) in [5, 5.41) is 2.61. The molecule has 0 saturated carbocycles.